The Hall–Kier alpha value is -5.75. The standard InChI is InChI=1S/C31H22N6O3/c1-19(35-31(39)26-29(32)36-37-18-6-15-34-30(26)37)28-25(21-7-3-2-4-8-21)27(38)24-22(9-5-10-23(24)40-28)12-11-20-13-16-33-17-14-20/h2-10,13-19H,1H3,(H2,32,36)(H,35,39). The van der Waals surface area contributed by atoms with Crippen molar-refractivity contribution in [3.8, 4) is 23.0 Å². The van der Waals surface area contributed by atoms with Crippen LogP contribution in [0, 0.1) is 11.8 Å². The lowest BCUT2D eigenvalue weighted by Gasteiger charge is -2.18. The summed E-state index contributed by atoms with van der Waals surface area (Å²) in [5, 5.41) is 7.44. The molecule has 0 aliphatic carbocycles. The molecule has 0 saturated carbocycles. The fraction of sp³-hybridized carbons (Fsp3) is 0.0645. The van der Waals surface area contributed by atoms with Crippen molar-refractivity contribution in [1.82, 2.24) is 24.9 Å². The average Bonchev–Trinajstić information content (AvgIpc) is 3.32. The Balaban J connectivity index is 1.48. The molecule has 0 fully saturated rings. The highest BCUT2D eigenvalue weighted by atomic mass is 16.3. The molecule has 40 heavy (non-hydrogen) atoms. The van der Waals surface area contributed by atoms with Gasteiger partial charge in [0.2, 0.25) is 5.43 Å². The van der Waals surface area contributed by atoms with Gasteiger partial charge in [-0.3, -0.25) is 14.6 Å². The zero-order valence-electron chi connectivity index (χ0n) is 21.3. The summed E-state index contributed by atoms with van der Waals surface area (Å²) in [7, 11) is 0. The summed E-state index contributed by atoms with van der Waals surface area (Å²) in [6.45, 7) is 1.75. The minimum Gasteiger partial charge on any atom is -0.458 e. The van der Waals surface area contributed by atoms with E-state index in [1.165, 1.54) is 4.52 Å². The van der Waals surface area contributed by atoms with Crippen LogP contribution < -0.4 is 16.5 Å². The molecule has 4 aromatic heterocycles. The number of aromatic nitrogens is 4. The van der Waals surface area contributed by atoms with Gasteiger partial charge in [-0.05, 0) is 42.8 Å². The third kappa shape index (κ3) is 4.44. The smallest absolute Gasteiger partial charge is 0.259 e. The Kier molecular flexibility index (Phi) is 6.26. The van der Waals surface area contributed by atoms with Gasteiger partial charge in [-0.1, -0.05) is 48.2 Å². The largest absolute Gasteiger partial charge is 0.458 e. The van der Waals surface area contributed by atoms with Gasteiger partial charge >= 0.3 is 0 Å². The quantitative estimate of drug-likeness (QED) is 0.326. The SMILES string of the molecule is CC(NC(=O)c1c(N)nn2cccnc12)c1oc2cccc(C#Cc3ccncc3)c2c(=O)c1-c1ccccc1. The normalized spacial score (nSPS) is 11.6. The molecule has 194 valence electrons. The van der Waals surface area contributed by atoms with Crippen LogP contribution in [-0.2, 0) is 0 Å². The molecule has 1 unspecified atom stereocenters. The van der Waals surface area contributed by atoms with Crippen LogP contribution in [0.25, 0.3) is 27.7 Å². The minimum absolute atomic E-state index is 0.0454. The van der Waals surface area contributed by atoms with Crippen molar-refractivity contribution < 1.29 is 9.21 Å². The number of rotatable bonds is 4. The van der Waals surface area contributed by atoms with E-state index in [9.17, 15) is 9.59 Å². The number of carbonyl (C=O) groups excluding carboxylic acids is 1. The second-order valence-electron chi connectivity index (χ2n) is 9.04. The van der Waals surface area contributed by atoms with Crippen LogP contribution in [0.15, 0.2) is 101 Å². The summed E-state index contributed by atoms with van der Waals surface area (Å²) in [4.78, 5) is 35.8. The number of carbonyl (C=O) groups is 1. The first kappa shape index (κ1) is 24.6. The average molecular weight is 527 g/mol. The first-order valence-corrected chi connectivity index (χ1v) is 12.5. The lowest BCUT2D eigenvalue weighted by Crippen LogP contribution is -2.28. The third-order valence-corrected chi connectivity index (χ3v) is 6.42. The van der Waals surface area contributed by atoms with Crippen LogP contribution >= 0.6 is 0 Å². The highest BCUT2D eigenvalue weighted by Gasteiger charge is 2.26. The summed E-state index contributed by atoms with van der Waals surface area (Å²) in [5.41, 5.74) is 8.93. The number of nitrogens with zero attached hydrogens (tertiary/aromatic N) is 4. The molecule has 0 radical (unpaired) electrons. The van der Waals surface area contributed by atoms with E-state index in [0.717, 1.165) is 5.56 Å². The molecule has 3 N–H and O–H groups in total. The van der Waals surface area contributed by atoms with E-state index >= 15 is 0 Å². The van der Waals surface area contributed by atoms with Gasteiger partial charge in [0.05, 0.1) is 17.0 Å². The summed E-state index contributed by atoms with van der Waals surface area (Å²) < 4.78 is 7.80. The zero-order chi connectivity index (χ0) is 27.6. The predicted molar refractivity (Wildman–Crippen MR) is 151 cm³/mol. The van der Waals surface area contributed by atoms with E-state index in [1.54, 1.807) is 68.1 Å². The number of nitrogens with one attached hydrogen (secondary N) is 1. The number of nitrogens with two attached hydrogens (primary N) is 1. The fourth-order valence-electron chi connectivity index (χ4n) is 4.57. The molecule has 0 spiro atoms. The number of nitrogen functional groups attached to an aromatic ring is 1. The van der Waals surface area contributed by atoms with Crippen molar-refractivity contribution >= 4 is 28.3 Å². The molecular weight excluding hydrogens is 504 g/mol. The second-order valence-corrected chi connectivity index (χ2v) is 9.04. The maximum atomic E-state index is 14.1. The molecule has 9 nitrogen and oxygen atoms in total. The number of hydrogen-bond acceptors (Lipinski definition) is 7. The Bertz CT molecular complexity index is 2000. The van der Waals surface area contributed by atoms with Crippen molar-refractivity contribution in [3.05, 3.63) is 124 Å². The zero-order valence-corrected chi connectivity index (χ0v) is 21.3. The molecule has 6 aromatic rings. The molecule has 0 aliphatic heterocycles. The van der Waals surface area contributed by atoms with E-state index in [2.05, 4.69) is 32.2 Å². The monoisotopic (exact) mass is 526 g/mol. The van der Waals surface area contributed by atoms with Gasteiger partial charge < -0.3 is 15.5 Å². The van der Waals surface area contributed by atoms with Gasteiger partial charge in [0.15, 0.2) is 11.5 Å². The van der Waals surface area contributed by atoms with Crippen LogP contribution in [0.2, 0.25) is 0 Å². The highest BCUT2D eigenvalue weighted by Crippen LogP contribution is 2.30. The molecule has 1 amide bonds. The Morgan fingerprint density at radius 2 is 1.80 bits per heavy atom. The number of fused-ring (bicyclic) bond motifs is 2. The molecule has 0 saturated heterocycles. The second kappa shape index (κ2) is 10.2. The van der Waals surface area contributed by atoms with Gasteiger partial charge in [-0.15, -0.1) is 5.10 Å². The van der Waals surface area contributed by atoms with Crippen LogP contribution in [0.3, 0.4) is 0 Å². The van der Waals surface area contributed by atoms with Crippen molar-refractivity contribution in [1.29, 1.82) is 0 Å². The van der Waals surface area contributed by atoms with Crippen molar-refractivity contribution in [2.75, 3.05) is 5.73 Å². The molecule has 2 aromatic carbocycles. The molecule has 6 rings (SSSR count). The summed E-state index contributed by atoms with van der Waals surface area (Å²) in [5.74, 6) is 6.06. The van der Waals surface area contributed by atoms with Gasteiger partial charge in [0.1, 0.15) is 16.9 Å². The van der Waals surface area contributed by atoms with Crippen LogP contribution in [0.5, 0.6) is 0 Å². The summed E-state index contributed by atoms with van der Waals surface area (Å²) >= 11 is 0. The lowest BCUT2D eigenvalue weighted by atomic mass is 9.97. The molecule has 0 bridgehead atoms. The number of anilines is 1. The first-order valence-electron chi connectivity index (χ1n) is 12.5. The number of pyridine rings is 1. The van der Waals surface area contributed by atoms with Crippen molar-refractivity contribution in [2.24, 2.45) is 0 Å². The Labute approximate surface area is 228 Å². The number of benzene rings is 2. The van der Waals surface area contributed by atoms with Crippen molar-refractivity contribution in [3.63, 3.8) is 0 Å². The maximum absolute atomic E-state index is 14.1. The van der Waals surface area contributed by atoms with E-state index in [0.29, 0.717) is 39.1 Å². The Morgan fingerprint density at radius 3 is 2.60 bits per heavy atom. The molecule has 1 atom stereocenters. The molecule has 9 heteroatoms. The number of hydrogen-bond donors (Lipinski definition) is 2. The topological polar surface area (TPSA) is 128 Å². The van der Waals surface area contributed by atoms with Gasteiger partial charge in [-0.2, -0.15) is 0 Å². The van der Waals surface area contributed by atoms with Gasteiger partial charge in [0, 0.05) is 35.9 Å². The Morgan fingerprint density at radius 1 is 1.00 bits per heavy atom. The summed E-state index contributed by atoms with van der Waals surface area (Å²) in [6.07, 6.45) is 6.53. The predicted octanol–water partition coefficient (Wildman–Crippen LogP) is 4.37. The van der Waals surface area contributed by atoms with Gasteiger partial charge in [-0.25, -0.2) is 9.50 Å². The first-order chi connectivity index (χ1) is 19.5. The molecular formula is C31H22N6O3. The maximum Gasteiger partial charge on any atom is 0.259 e. The van der Waals surface area contributed by atoms with Crippen LogP contribution in [-0.4, -0.2) is 25.5 Å². The van der Waals surface area contributed by atoms with E-state index in [4.69, 9.17) is 10.2 Å². The fourth-order valence-corrected chi connectivity index (χ4v) is 4.57. The van der Waals surface area contributed by atoms with Crippen LogP contribution in [0.1, 0.15) is 40.2 Å². The van der Waals surface area contributed by atoms with E-state index < -0.39 is 11.9 Å². The molecule has 0 aliphatic rings. The van der Waals surface area contributed by atoms with Gasteiger partial charge in [0.25, 0.3) is 5.91 Å². The lowest BCUT2D eigenvalue weighted by molar-refractivity contribution is 0.0938. The van der Waals surface area contributed by atoms with Crippen molar-refractivity contribution in [2.45, 2.75) is 13.0 Å². The minimum atomic E-state index is -0.704. The highest BCUT2D eigenvalue weighted by molar-refractivity contribution is 6.04. The van der Waals surface area contributed by atoms with Crippen LogP contribution in [0.4, 0.5) is 5.82 Å². The van der Waals surface area contributed by atoms with E-state index in [1.807, 2.05) is 30.3 Å². The number of amides is 1. The third-order valence-electron chi connectivity index (χ3n) is 6.42. The molecule has 4 heterocycles. The summed E-state index contributed by atoms with van der Waals surface area (Å²) in [6, 6.07) is 19.1. The van der Waals surface area contributed by atoms with E-state index in [-0.39, 0.29) is 16.8 Å².